The fourth-order valence-electron chi connectivity index (χ4n) is 3.56. The van der Waals surface area contributed by atoms with Gasteiger partial charge in [-0.25, -0.2) is 4.68 Å². The van der Waals surface area contributed by atoms with Gasteiger partial charge in [-0.15, -0.1) is 0 Å². The Kier molecular flexibility index (Phi) is 6.20. The van der Waals surface area contributed by atoms with Crippen LogP contribution in [0.5, 0.6) is 0 Å². The van der Waals surface area contributed by atoms with Crippen molar-refractivity contribution in [1.29, 1.82) is 0 Å². The Balaban J connectivity index is 1.75. The van der Waals surface area contributed by atoms with Gasteiger partial charge < -0.3 is 15.4 Å². The SMILES string of the molecule is NC=CC(=NC1C=CC=CC1)c1nn(-c2ccccc2N2CCOCC2)ccc1=O. The fourth-order valence-corrected chi connectivity index (χ4v) is 3.56. The number of morpholine rings is 1. The number of rotatable bonds is 5. The Labute approximate surface area is 175 Å². The molecule has 1 fully saturated rings. The number of ether oxygens (including phenoxy) is 1. The Hall–Kier alpha value is -3.45. The zero-order valence-electron chi connectivity index (χ0n) is 16.7. The molecule has 1 unspecified atom stereocenters. The summed E-state index contributed by atoms with van der Waals surface area (Å²) in [5.74, 6) is 0. The zero-order valence-corrected chi connectivity index (χ0v) is 16.7. The van der Waals surface area contributed by atoms with Crippen LogP contribution >= 0.6 is 0 Å². The van der Waals surface area contributed by atoms with Gasteiger partial charge in [0.15, 0.2) is 5.69 Å². The molecule has 7 heteroatoms. The van der Waals surface area contributed by atoms with Gasteiger partial charge in [0, 0.05) is 25.4 Å². The quantitative estimate of drug-likeness (QED) is 0.774. The van der Waals surface area contributed by atoms with Gasteiger partial charge in [-0.3, -0.25) is 9.79 Å². The summed E-state index contributed by atoms with van der Waals surface area (Å²) in [7, 11) is 0. The van der Waals surface area contributed by atoms with Crippen molar-refractivity contribution in [3.05, 3.63) is 89.0 Å². The van der Waals surface area contributed by atoms with E-state index in [0.717, 1.165) is 30.9 Å². The van der Waals surface area contributed by atoms with Crippen molar-refractivity contribution in [2.45, 2.75) is 12.5 Å². The van der Waals surface area contributed by atoms with Gasteiger partial charge in [0.1, 0.15) is 0 Å². The van der Waals surface area contributed by atoms with Gasteiger partial charge in [0.25, 0.3) is 0 Å². The number of allylic oxidation sites excluding steroid dienone is 3. The molecule has 7 nitrogen and oxygen atoms in total. The molecule has 1 saturated heterocycles. The van der Waals surface area contributed by atoms with Gasteiger partial charge >= 0.3 is 0 Å². The van der Waals surface area contributed by atoms with E-state index in [0.29, 0.717) is 18.9 Å². The molecule has 4 rings (SSSR count). The average Bonchev–Trinajstić information content (AvgIpc) is 2.80. The molecule has 1 aromatic heterocycles. The van der Waals surface area contributed by atoms with E-state index in [1.165, 1.54) is 12.3 Å². The minimum atomic E-state index is -0.192. The summed E-state index contributed by atoms with van der Waals surface area (Å²) >= 11 is 0. The predicted octanol–water partition coefficient (Wildman–Crippen LogP) is 2.22. The lowest BCUT2D eigenvalue weighted by Gasteiger charge is -2.30. The van der Waals surface area contributed by atoms with Crippen molar-refractivity contribution in [2.24, 2.45) is 10.7 Å². The zero-order chi connectivity index (χ0) is 20.8. The predicted molar refractivity (Wildman–Crippen MR) is 119 cm³/mol. The normalized spacial score (nSPS) is 19.5. The number of nitrogens with two attached hydrogens (primary N) is 1. The fraction of sp³-hybridized carbons (Fsp3) is 0.261. The highest BCUT2D eigenvalue weighted by Gasteiger charge is 2.17. The topological polar surface area (TPSA) is 85.7 Å². The van der Waals surface area contributed by atoms with Crippen LogP contribution in [0.4, 0.5) is 5.69 Å². The third-order valence-electron chi connectivity index (χ3n) is 5.05. The lowest BCUT2D eigenvalue weighted by molar-refractivity contribution is 0.122. The highest BCUT2D eigenvalue weighted by Crippen LogP contribution is 2.24. The number of nitrogens with zero attached hydrogens (tertiary/aromatic N) is 4. The van der Waals surface area contributed by atoms with Crippen molar-refractivity contribution in [3.8, 4) is 5.69 Å². The van der Waals surface area contributed by atoms with Crippen LogP contribution in [0.25, 0.3) is 5.69 Å². The Bertz CT molecular complexity index is 1060. The van der Waals surface area contributed by atoms with E-state index >= 15 is 0 Å². The van der Waals surface area contributed by atoms with E-state index in [1.54, 1.807) is 17.0 Å². The number of hydrogen-bond acceptors (Lipinski definition) is 6. The molecule has 1 atom stereocenters. The molecule has 1 aliphatic heterocycles. The molecule has 0 spiro atoms. The third kappa shape index (κ3) is 4.41. The Morgan fingerprint density at radius 2 is 1.97 bits per heavy atom. The average molecular weight is 403 g/mol. The molecule has 2 aromatic rings. The van der Waals surface area contributed by atoms with E-state index in [9.17, 15) is 4.79 Å². The van der Waals surface area contributed by atoms with E-state index in [-0.39, 0.29) is 17.2 Å². The van der Waals surface area contributed by atoms with E-state index in [1.807, 2.05) is 42.5 Å². The molecule has 1 aromatic carbocycles. The lowest BCUT2D eigenvalue weighted by Crippen LogP contribution is -2.37. The Morgan fingerprint density at radius 3 is 2.70 bits per heavy atom. The standard InChI is InChI=1S/C23H25N5O2/c24-12-10-19(25-18-6-2-1-3-7-18)23-22(29)11-13-28(26-23)21-9-5-4-8-20(21)27-14-16-30-17-15-27/h1-6,8-13,18H,7,14-17,24H2. The van der Waals surface area contributed by atoms with Gasteiger partial charge in [-0.2, -0.15) is 5.10 Å². The molecule has 2 heterocycles. The summed E-state index contributed by atoms with van der Waals surface area (Å²) in [5.41, 5.74) is 8.16. The number of aromatic nitrogens is 2. The van der Waals surface area contributed by atoms with E-state index in [4.69, 9.17) is 15.5 Å². The molecule has 154 valence electrons. The monoisotopic (exact) mass is 403 g/mol. The van der Waals surface area contributed by atoms with Crippen molar-refractivity contribution >= 4 is 11.4 Å². The second-order valence-electron chi connectivity index (χ2n) is 7.05. The molecular formula is C23H25N5O2. The third-order valence-corrected chi connectivity index (χ3v) is 5.05. The van der Waals surface area contributed by atoms with Crippen LogP contribution in [0.15, 0.2) is 82.9 Å². The van der Waals surface area contributed by atoms with E-state index < -0.39 is 0 Å². The highest BCUT2D eigenvalue weighted by molar-refractivity contribution is 6.07. The molecule has 2 aliphatic rings. The van der Waals surface area contributed by atoms with Crippen LogP contribution in [0.3, 0.4) is 0 Å². The molecule has 1 aliphatic carbocycles. The van der Waals surface area contributed by atoms with Gasteiger partial charge in [-0.05, 0) is 30.8 Å². The van der Waals surface area contributed by atoms with Gasteiger partial charge in [0.2, 0.25) is 5.43 Å². The molecule has 2 N–H and O–H groups in total. The summed E-state index contributed by atoms with van der Waals surface area (Å²) in [6, 6.07) is 9.51. The molecule has 30 heavy (non-hydrogen) atoms. The van der Waals surface area contributed by atoms with Crippen molar-refractivity contribution in [2.75, 3.05) is 31.2 Å². The first kappa shape index (κ1) is 19.8. The second kappa shape index (κ2) is 9.37. The van der Waals surface area contributed by atoms with Crippen LogP contribution in [0, 0.1) is 0 Å². The first-order valence-electron chi connectivity index (χ1n) is 10.1. The first-order valence-corrected chi connectivity index (χ1v) is 10.1. The molecule has 0 radical (unpaired) electrons. The first-order chi connectivity index (χ1) is 14.8. The van der Waals surface area contributed by atoms with E-state index in [2.05, 4.69) is 16.1 Å². The largest absolute Gasteiger partial charge is 0.405 e. The van der Waals surface area contributed by atoms with Crippen LogP contribution in [0.2, 0.25) is 0 Å². The van der Waals surface area contributed by atoms with Crippen LogP contribution in [0.1, 0.15) is 12.1 Å². The smallest absolute Gasteiger partial charge is 0.209 e. The summed E-state index contributed by atoms with van der Waals surface area (Å²) in [5, 5.41) is 4.65. The number of benzene rings is 1. The number of aliphatic imine (C=N–C) groups is 1. The molecule has 0 saturated carbocycles. The minimum Gasteiger partial charge on any atom is -0.405 e. The maximum atomic E-state index is 12.7. The van der Waals surface area contributed by atoms with Gasteiger partial charge in [-0.1, -0.05) is 36.4 Å². The van der Waals surface area contributed by atoms with Crippen LogP contribution in [-0.4, -0.2) is 47.8 Å². The summed E-state index contributed by atoms with van der Waals surface area (Å²) in [6.07, 6.45) is 13.5. The minimum absolute atomic E-state index is 0.0447. The van der Waals surface area contributed by atoms with Crippen LogP contribution in [-0.2, 0) is 4.74 Å². The van der Waals surface area contributed by atoms with Crippen molar-refractivity contribution in [1.82, 2.24) is 9.78 Å². The summed E-state index contributed by atoms with van der Waals surface area (Å²) in [6.45, 7) is 3.01. The van der Waals surface area contributed by atoms with Gasteiger partial charge in [0.05, 0.1) is 36.3 Å². The molecular weight excluding hydrogens is 378 g/mol. The maximum Gasteiger partial charge on any atom is 0.209 e. The number of para-hydroxylation sites is 2. The molecule has 0 bridgehead atoms. The summed E-state index contributed by atoms with van der Waals surface area (Å²) < 4.78 is 7.22. The summed E-state index contributed by atoms with van der Waals surface area (Å²) in [4.78, 5) is 19.6. The number of anilines is 1. The van der Waals surface area contributed by atoms with Crippen molar-refractivity contribution in [3.63, 3.8) is 0 Å². The maximum absolute atomic E-state index is 12.7. The Morgan fingerprint density at radius 1 is 1.17 bits per heavy atom. The number of hydrogen-bond donors (Lipinski definition) is 1. The highest BCUT2D eigenvalue weighted by atomic mass is 16.5. The van der Waals surface area contributed by atoms with Crippen LogP contribution < -0.4 is 16.1 Å². The van der Waals surface area contributed by atoms with Crippen molar-refractivity contribution < 1.29 is 4.74 Å². The molecule has 0 amide bonds. The lowest BCUT2D eigenvalue weighted by atomic mass is 10.1. The second-order valence-corrected chi connectivity index (χ2v) is 7.05.